The summed E-state index contributed by atoms with van der Waals surface area (Å²) in [7, 11) is 0. The van der Waals surface area contributed by atoms with Crippen LogP contribution in [-0.2, 0) is 19.5 Å². The Hall–Kier alpha value is -3.47. The van der Waals surface area contributed by atoms with Gasteiger partial charge in [0, 0.05) is 54.4 Å². The molecule has 3 aromatic rings. The predicted molar refractivity (Wildman–Crippen MR) is 104 cm³/mol. The van der Waals surface area contributed by atoms with Crippen LogP contribution in [0.5, 0.6) is 6.01 Å². The Kier molecular flexibility index (Phi) is 4.43. The number of fused-ring (bicyclic) bond motifs is 2. The molecule has 0 saturated heterocycles. The monoisotopic (exact) mass is 428 g/mol. The molecular weight excluding hydrogens is 410 g/mol. The highest BCUT2D eigenvalue weighted by Crippen LogP contribution is 2.32. The van der Waals surface area contributed by atoms with Gasteiger partial charge in [-0.3, -0.25) is 9.47 Å². The Morgan fingerprint density at radius 1 is 1.26 bits per heavy atom. The van der Waals surface area contributed by atoms with Gasteiger partial charge in [-0.05, 0) is 24.0 Å². The van der Waals surface area contributed by atoms with Crippen LogP contribution in [0.25, 0.3) is 11.4 Å². The molecule has 1 aromatic carbocycles. The summed E-state index contributed by atoms with van der Waals surface area (Å²) in [4.78, 5) is 25.3. The number of rotatable bonds is 4. The molecule has 11 heteroatoms. The lowest BCUT2D eigenvalue weighted by atomic mass is 10.0. The fourth-order valence-electron chi connectivity index (χ4n) is 4.17. The molecule has 31 heavy (non-hydrogen) atoms. The molecule has 4 heterocycles. The van der Waals surface area contributed by atoms with Crippen molar-refractivity contribution in [3.8, 4) is 17.4 Å². The summed E-state index contributed by atoms with van der Waals surface area (Å²) < 4.78 is 34.6. The maximum atomic E-state index is 13.5. The van der Waals surface area contributed by atoms with Crippen molar-refractivity contribution in [2.24, 2.45) is 0 Å². The van der Waals surface area contributed by atoms with Crippen LogP contribution in [0.15, 0.2) is 30.6 Å². The highest BCUT2D eigenvalue weighted by molar-refractivity contribution is 5.55. The number of hydrogen-bond acceptors (Lipinski definition) is 7. The van der Waals surface area contributed by atoms with Gasteiger partial charge in [-0.25, -0.2) is 18.7 Å². The van der Waals surface area contributed by atoms with Gasteiger partial charge in [-0.15, -0.1) is 0 Å². The summed E-state index contributed by atoms with van der Waals surface area (Å²) in [6.07, 6.45) is 3.74. The van der Waals surface area contributed by atoms with E-state index in [1.807, 2.05) is 6.92 Å². The maximum Gasteiger partial charge on any atom is 0.415 e. The molecule has 2 aliphatic heterocycles. The van der Waals surface area contributed by atoms with Crippen molar-refractivity contribution < 1.29 is 18.4 Å². The second-order valence-corrected chi connectivity index (χ2v) is 8.10. The summed E-state index contributed by atoms with van der Waals surface area (Å²) in [5.41, 5.74) is 1.54. The van der Waals surface area contributed by atoms with Crippen molar-refractivity contribution >= 4 is 5.82 Å². The molecule has 0 aliphatic carbocycles. The lowest BCUT2D eigenvalue weighted by molar-refractivity contribution is -0.389. The molecule has 0 fully saturated rings. The fourth-order valence-corrected chi connectivity index (χ4v) is 4.17. The molecule has 0 spiro atoms. The summed E-state index contributed by atoms with van der Waals surface area (Å²) >= 11 is 0. The van der Waals surface area contributed by atoms with Crippen molar-refractivity contribution in [2.45, 2.75) is 32.0 Å². The number of hydrogen-bond donors (Lipinski definition) is 0. The number of halogens is 2. The maximum absolute atomic E-state index is 13.5. The minimum Gasteiger partial charge on any atom is -0.436 e. The van der Waals surface area contributed by atoms with E-state index in [1.54, 1.807) is 10.8 Å². The largest absolute Gasteiger partial charge is 0.436 e. The zero-order valence-electron chi connectivity index (χ0n) is 16.6. The number of ether oxygens (including phenoxy) is 1. The standard InChI is InChI=1S/C20H18F2N6O3/c1-20(11-27-9-17(28(29)30)25-19(27)31-20)10-26-3-2-16-13(8-26)7-23-18(24-16)12-4-14(21)6-15(22)5-12/h4-7,9H,2-3,8,10-11H2,1H3. The molecule has 0 amide bonds. The Balaban J connectivity index is 1.29. The molecule has 2 aliphatic rings. The fraction of sp³-hybridized carbons (Fsp3) is 0.350. The second kappa shape index (κ2) is 7.05. The quantitative estimate of drug-likeness (QED) is 0.465. The van der Waals surface area contributed by atoms with Crippen LogP contribution in [0.4, 0.5) is 14.6 Å². The first-order chi connectivity index (χ1) is 14.8. The molecule has 1 unspecified atom stereocenters. The molecule has 0 saturated carbocycles. The molecule has 9 nitrogen and oxygen atoms in total. The first kappa shape index (κ1) is 19.5. The SMILES string of the molecule is CC1(CN2CCc3nc(-c4cc(F)cc(F)c4)ncc3C2)Cn2cc([N+](=O)[O-])nc2O1. The number of benzene rings is 1. The Morgan fingerprint density at radius 3 is 2.74 bits per heavy atom. The molecule has 5 rings (SSSR count). The van der Waals surface area contributed by atoms with Crippen LogP contribution in [0.1, 0.15) is 18.2 Å². The van der Waals surface area contributed by atoms with E-state index in [0.717, 1.165) is 23.9 Å². The van der Waals surface area contributed by atoms with Gasteiger partial charge in [0.1, 0.15) is 23.4 Å². The lowest BCUT2D eigenvalue weighted by Crippen LogP contribution is -2.46. The van der Waals surface area contributed by atoms with E-state index in [0.29, 0.717) is 37.4 Å². The molecule has 0 radical (unpaired) electrons. The summed E-state index contributed by atoms with van der Waals surface area (Å²) in [5, 5.41) is 10.9. The summed E-state index contributed by atoms with van der Waals surface area (Å²) in [6, 6.07) is 3.50. The number of nitro groups is 1. The molecule has 2 aromatic heterocycles. The van der Waals surface area contributed by atoms with Gasteiger partial charge in [0.25, 0.3) is 0 Å². The van der Waals surface area contributed by atoms with Gasteiger partial charge in [0.2, 0.25) is 0 Å². The Labute approximate surface area is 175 Å². The van der Waals surface area contributed by atoms with E-state index in [2.05, 4.69) is 19.9 Å². The van der Waals surface area contributed by atoms with Crippen LogP contribution in [0, 0.1) is 21.7 Å². The Morgan fingerprint density at radius 2 is 2.03 bits per heavy atom. The molecule has 0 bridgehead atoms. The lowest BCUT2D eigenvalue weighted by Gasteiger charge is -2.33. The Bertz CT molecular complexity index is 1150. The van der Waals surface area contributed by atoms with Gasteiger partial charge in [-0.1, -0.05) is 0 Å². The second-order valence-electron chi connectivity index (χ2n) is 8.10. The topological polar surface area (TPSA) is 99.2 Å². The van der Waals surface area contributed by atoms with E-state index in [4.69, 9.17) is 4.74 Å². The average Bonchev–Trinajstić information content (AvgIpc) is 3.22. The van der Waals surface area contributed by atoms with Crippen LogP contribution in [0.3, 0.4) is 0 Å². The van der Waals surface area contributed by atoms with Crippen molar-refractivity contribution in [3.63, 3.8) is 0 Å². The van der Waals surface area contributed by atoms with E-state index >= 15 is 0 Å². The highest BCUT2D eigenvalue weighted by Gasteiger charge is 2.41. The molecule has 160 valence electrons. The third-order valence-corrected chi connectivity index (χ3v) is 5.45. The average molecular weight is 428 g/mol. The van der Waals surface area contributed by atoms with Crippen LogP contribution in [0.2, 0.25) is 0 Å². The molecular formula is C20H18F2N6O3. The van der Waals surface area contributed by atoms with Crippen LogP contribution >= 0.6 is 0 Å². The van der Waals surface area contributed by atoms with E-state index in [-0.39, 0.29) is 11.8 Å². The van der Waals surface area contributed by atoms with Crippen molar-refractivity contribution in [1.29, 1.82) is 0 Å². The first-order valence-electron chi connectivity index (χ1n) is 9.72. The van der Waals surface area contributed by atoms with Gasteiger partial charge < -0.3 is 14.9 Å². The first-order valence-corrected chi connectivity index (χ1v) is 9.72. The van der Waals surface area contributed by atoms with Crippen molar-refractivity contribution in [3.05, 3.63) is 63.6 Å². The number of aromatic nitrogens is 4. The zero-order valence-corrected chi connectivity index (χ0v) is 16.6. The van der Waals surface area contributed by atoms with E-state index in [1.165, 1.54) is 18.3 Å². The molecule has 0 N–H and O–H groups in total. The minimum absolute atomic E-state index is 0.227. The smallest absolute Gasteiger partial charge is 0.415 e. The third kappa shape index (κ3) is 3.72. The number of imidazole rings is 1. The molecule has 1 atom stereocenters. The van der Waals surface area contributed by atoms with Gasteiger partial charge in [0.05, 0.1) is 12.2 Å². The van der Waals surface area contributed by atoms with Gasteiger partial charge in [0.15, 0.2) is 5.82 Å². The predicted octanol–water partition coefficient (Wildman–Crippen LogP) is 2.74. The summed E-state index contributed by atoms with van der Waals surface area (Å²) in [5.74, 6) is -1.27. The minimum atomic E-state index is -0.669. The van der Waals surface area contributed by atoms with Gasteiger partial charge >= 0.3 is 11.8 Å². The van der Waals surface area contributed by atoms with Gasteiger partial charge in [-0.2, -0.15) is 0 Å². The van der Waals surface area contributed by atoms with Crippen molar-refractivity contribution in [2.75, 3.05) is 13.1 Å². The highest BCUT2D eigenvalue weighted by atomic mass is 19.1. The number of nitrogens with zero attached hydrogens (tertiary/aromatic N) is 6. The van der Waals surface area contributed by atoms with Crippen LogP contribution < -0.4 is 4.74 Å². The zero-order chi connectivity index (χ0) is 21.8. The van der Waals surface area contributed by atoms with E-state index in [9.17, 15) is 18.9 Å². The van der Waals surface area contributed by atoms with Crippen molar-refractivity contribution in [1.82, 2.24) is 24.4 Å². The van der Waals surface area contributed by atoms with Crippen LogP contribution in [-0.4, -0.2) is 48.0 Å². The summed E-state index contributed by atoms with van der Waals surface area (Å²) in [6.45, 7) is 4.34. The normalized spacial score (nSPS) is 20.2. The van der Waals surface area contributed by atoms with E-state index < -0.39 is 22.2 Å². The third-order valence-electron chi connectivity index (χ3n) is 5.45.